The Labute approximate surface area is 104 Å². The third-order valence-electron chi connectivity index (χ3n) is 2.85. The molecule has 0 bridgehead atoms. The number of fused-ring (bicyclic) bond motifs is 1. The molecule has 0 N–H and O–H groups in total. The molecule has 0 spiro atoms. The van der Waals surface area contributed by atoms with Gasteiger partial charge in [0.2, 0.25) is 0 Å². The SMILES string of the molecule is COC(=O)c1c(C)n(OC)c(=O)c2ccccc12. The first-order valence-electron chi connectivity index (χ1n) is 5.39. The van der Waals surface area contributed by atoms with E-state index in [1.54, 1.807) is 31.2 Å². The molecule has 0 aliphatic rings. The monoisotopic (exact) mass is 247 g/mol. The summed E-state index contributed by atoms with van der Waals surface area (Å²) in [6.45, 7) is 1.64. The van der Waals surface area contributed by atoms with Crippen LogP contribution in [0.15, 0.2) is 29.1 Å². The average Bonchev–Trinajstić information content (AvgIpc) is 2.39. The maximum Gasteiger partial charge on any atom is 0.340 e. The Balaban J connectivity index is 2.99. The number of nitrogens with zero attached hydrogens (tertiary/aromatic N) is 1. The van der Waals surface area contributed by atoms with E-state index in [0.717, 1.165) is 4.73 Å². The Morgan fingerprint density at radius 2 is 1.78 bits per heavy atom. The molecule has 0 aliphatic heterocycles. The number of hydrogen-bond donors (Lipinski definition) is 0. The molecule has 0 radical (unpaired) electrons. The largest absolute Gasteiger partial charge is 0.465 e. The first-order valence-corrected chi connectivity index (χ1v) is 5.39. The molecule has 1 aromatic carbocycles. The number of esters is 1. The highest BCUT2D eigenvalue weighted by Gasteiger charge is 2.19. The highest BCUT2D eigenvalue weighted by atomic mass is 16.6. The van der Waals surface area contributed by atoms with Crippen molar-refractivity contribution in [3.05, 3.63) is 45.9 Å². The molecule has 0 aliphatic carbocycles. The van der Waals surface area contributed by atoms with Gasteiger partial charge in [0.1, 0.15) is 7.11 Å². The van der Waals surface area contributed by atoms with Crippen LogP contribution in [0.1, 0.15) is 16.1 Å². The van der Waals surface area contributed by atoms with Gasteiger partial charge in [0, 0.05) is 5.39 Å². The zero-order valence-electron chi connectivity index (χ0n) is 10.4. The standard InChI is InChI=1S/C13H13NO4/c1-8-11(13(16)17-2)9-6-4-5-7-10(9)12(15)14(8)18-3/h4-7H,1-3H3. The Morgan fingerprint density at radius 1 is 1.17 bits per heavy atom. The van der Waals surface area contributed by atoms with Crippen molar-refractivity contribution in [3.63, 3.8) is 0 Å². The molecule has 2 rings (SSSR count). The smallest absolute Gasteiger partial charge is 0.340 e. The van der Waals surface area contributed by atoms with E-state index in [1.807, 2.05) is 0 Å². The van der Waals surface area contributed by atoms with Crippen LogP contribution >= 0.6 is 0 Å². The van der Waals surface area contributed by atoms with Crippen LogP contribution in [-0.4, -0.2) is 24.9 Å². The predicted octanol–water partition coefficient (Wildman–Crippen LogP) is 1.15. The number of carbonyl (C=O) groups is 1. The van der Waals surface area contributed by atoms with Crippen molar-refractivity contribution in [1.82, 2.24) is 4.73 Å². The van der Waals surface area contributed by atoms with Crippen molar-refractivity contribution in [3.8, 4) is 0 Å². The van der Waals surface area contributed by atoms with Crippen molar-refractivity contribution < 1.29 is 14.4 Å². The van der Waals surface area contributed by atoms with Gasteiger partial charge in [0.15, 0.2) is 0 Å². The zero-order valence-corrected chi connectivity index (χ0v) is 10.4. The van der Waals surface area contributed by atoms with Crippen LogP contribution in [0.3, 0.4) is 0 Å². The maximum atomic E-state index is 12.1. The summed E-state index contributed by atoms with van der Waals surface area (Å²) >= 11 is 0. The number of aromatic nitrogens is 1. The normalized spacial score (nSPS) is 10.4. The van der Waals surface area contributed by atoms with Crippen LogP contribution in [0, 0.1) is 6.92 Å². The predicted molar refractivity (Wildman–Crippen MR) is 66.8 cm³/mol. The number of carbonyl (C=O) groups excluding carboxylic acids is 1. The summed E-state index contributed by atoms with van der Waals surface area (Å²) in [5, 5.41) is 0.991. The van der Waals surface area contributed by atoms with Gasteiger partial charge in [-0.25, -0.2) is 4.79 Å². The van der Waals surface area contributed by atoms with Gasteiger partial charge < -0.3 is 9.57 Å². The lowest BCUT2D eigenvalue weighted by Crippen LogP contribution is -2.29. The van der Waals surface area contributed by atoms with Crippen molar-refractivity contribution >= 4 is 16.7 Å². The minimum absolute atomic E-state index is 0.293. The Hall–Kier alpha value is -2.30. The molecule has 1 aromatic heterocycles. The van der Waals surface area contributed by atoms with Gasteiger partial charge in [-0.05, 0) is 13.0 Å². The Bertz CT molecular complexity index is 672. The molecule has 5 heteroatoms. The zero-order chi connectivity index (χ0) is 13.3. The lowest BCUT2D eigenvalue weighted by atomic mass is 10.0. The Morgan fingerprint density at radius 3 is 2.33 bits per heavy atom. The number of pyridine rings is 1. The molecule has 94 valence electrons. The molecule has 1 heterocycles. The molecule has 0 fully saturated rings. The molecular formula is C13H13NO4. The molecule has 5 nitrogen and oxygen atoms in total. The minimum Gasteiger partial charge on any atom is -0.465 e. The first-order chi connectivity index (χ1) is 8.61. The van der Waals surface area contributed by atoms with E-state index in [0.29, 0.717) is 22.0 Å². The number of hydrogen-bond acceptors (Lipinski definition) is 4. The van der Waals surface area contributed by atoms with Gasteiger partial charge >= 0.3 is 5.97 Å². The van der Waals surface area contributed by atoms with Crippen molar-refractivity contribution in [2.24, 2.45) is 0 Å². The molecule has 0 saturated carbocycles. The quantitative estimate of drug-likeness (QED) is 0.747. The van der Waals surface area contributed by atoms with Crippen LogP contribution in [0.25, 0.3) is 10.8 Å². The van der Waals surface area contributed by atoms with E-state index in [-0.39, 0.29) is 5.56 Å². The number of methoxy groups -OCH3 is 1. The second kappa shape index (κ2) is 4.52. The fourth-order valence-corrected chi connectivity index (χ4v) is 2.03. The topological polar surface area (TPSA) is 57.5 Å². The molecule has 0 amide bonds. The molecule has 0 unspecified atom stereocenters. The Kier molecular flexibility index (Phi) is 3.06. The fraction of sp³-hybridized carbons (Fsp3) is 0.231. The highest BCUT2D eigenvalue weighted by molar-refractivity contribution is 6.05. The van der Waals surface area contributed by atoms with E-state index in [4.69, 9.17) is 9.57 Å². The van der Waals surface area contributed by atoms with Gasteiger partial charge in [-0.15, -0.1) is 4.73 Å². The molecule has 0 saturated heterocycles. The summed E-state index contributed by atoms with van der Waals surface area (Å²) in [6.07, 6.45) is 0. The van der Waals surface area contributed by atoms with Crippen LogP contribution < -0.4 is 10.4 Å². The van der Waals surface area contributed by atoms with E-state index >= 15 is 0 Å². The second-order valence-corrected chi connectivity index (χ2v) is 3.78. The van der Waals surface area contributed by atoms with Crippen molar-refractivity contribution in [1.29, 1.82) is 0 Å². The summed E-state index contributed by atoms with van der Waals surface area (Å²) in [5.41, 5.74) is 0.473. The van der Waals surface area contributed by atoms with Gasteiger partial charge in [-0.1, -0.05) is 18.2 Å². The molecule has 2 aromatic rings. The molecule has 0 atom stereocenters. The minimum atomic E-state index is -0.491. The highest BCUT2D eigenvalue weighted by Crippen LogP contribution is 2.19. The van der Waals surface area contributed by atoms with E-state index < -0.39 is 5.97 Å². The van der Waals surface area contributed by atoms with Gasteiger partial charge in [-0.2, -0.15) is 0 Å². The van der Waals surface area contributed by atoms with Crippen molar-refractivity contribution in [2.45, 2.75) is 6.92 Å². The third-order valence-corrected chi connectivity index (χ3v) is 2.85. The number of benzene rings is 1. The molecular weight excluding hydrogens is 234 g/mol. The van der Waals surface area contributed by atoms with Gasteiger partial charge in [0.05, 0.1) is 23.8 Å². The van der Waals surface area contributed by atoms with Gasteiger partial charge in [-0.3, -0.25) is 4.79 Å². The van der Waals surface area contributed by atoms with E-state index in [2.05, 4.69) is 0 Å². The second-order valence-electron chi connectivity index (χ2n) is 3.78. The lowest BCUT2D eigenvalue weighted by molar-refractivity contribution is 0.0595. The van der Waals surface area contributed by atoms with Crippen molar-refractivity contribution in [2.75, 3.05) is 14.2 Å². The van der Waals surface area contributed by atoms with E-state index in [9.17, 15) is 9.59 Å². The van der Waals surface area contributed by atoms with Crippen LogP contribution in [0.2, 0.25) is 0 Å². The fourth-order valence-electron chi connectivity index (χ4n) is 2.03. The molecule has 18 heavy (non-hydrogen) atoms. The van der Waals surface area contributed by atoms with E-state index in [1.165, 1.54) is 14.2 Å². The van der Waals surface area contributed by atoms with Crippen LogP contribution in [-0.2, 0) is 4.74 Å². The number of ether oxygens (including phenoxy) is 1. The van der Waals surface area contributed by atoms with Crippen LogP contribution in [0.4, 0.5) is 0 Å². The maximum absolute atomic E-state index is 12.1. The lowest BCUT2D eigenvalue weighted by Gasteiger charge is -2.13. The number of rotatable bonds is 2. The first kappa shape index (κ1) is 12.2. The van der Waals surface area contributed by atoms with Crippen LogP contribution in [0.5, 0.6) is 0 Å². The summed E-state index contributed by atoms with van der Waals surface area (Å²) in [6, 6.07) is 6.87. The third kappa shape index (κ3) is 1.64. The summed E-state index contributed by atoms with van der Waals surface area (Å²) < 4.78 is 5.85. The summed E-state index contributed by atoms with van der Waals surface area (Å²) in [4.78, 5) is 29.0. The summed E-state index contributed by atoms with van der Waals surface area (Å²) in [5.74, 6) is -0.491. The summed E-state index contributed by atoms with van der Waals surface area (Å²) in [7, 11) is 2.68. The average molecular weight is 247 g/mol. The van der Waals surface area contributed by atoms with Gasteiger partial charge in [0.25, 0.3) is 5.56 Å².